The van der Waals surface area contributed by atoms with E-state index >= 15 is 0 Å². The van der Waals surface area contributed by atoms with Gasteiger partial charge in [0.25, 0.3) is 0 Å². The lowest BCUT2D eigenvalue weighted by molar-refractivity contribution is -0.142. The lowest BCUT2D eigenvalue weighted by Gasteiger charge is -2.28. The molecule has 0 saturated heterocycles. The van der Waals surface area contributed by atoms with Crippen LogP contribution in [0.1, 0.15) is 58.4 Å². The van der Waals surface area contributed by atoms with Crippen molar-refractivity contribution in [1.82, 2.24) is 42.7 Å². The van der Waals surface area contributed by atoms with Gasteiger partial charge < -0.3 is 70.4 Å². The second kappa shape index (κ2) is 41.4. The molecule has 2 aliphatic rings. The van der Waals surface area contributed by atoms with Crippen LogP contribution < -0.4 is 47.4 Å². The molecule has 3 atom stereocenters. The number of benzene rings is 1. The fourth-order valence-corrected chi connectivity index (χ4v) is 7.32. The Morgan fingerprint density at radius 3 is 1.74 bits per heavy atom. The number of nitrogens with one attached hydrogen (secondary N) is 8. The molecule has 2 aliphatic heterocycles. The smallest absolute Gasteiger partial charge is 0.247 e. The number of thioether (sulfide) groups is 1. The van der Waals surface area contributed by atoms with E-state index in [1.54, 1.807) is 5.48 Å². The van der Waals surface area contributed by atoms with E-state index < -0.39 is 53.3 Å². The minimum Gasteiger partial charge on any atom is -0.494 e. The molecule has 0 saturated carbocycles. The molecule has 24 nitrogen and oxygen atoms in total. The molecule has 0 fully saturated rings. The van der Waals surface area contributed by atoms with Gasteiger partial charge in [0.05, 0.1) is 111 Å². The minimum atomic E-state index is -0.912. The van der Waals surface area contributed by atoms with Gasteiger partial charge in [-0.05, 0) is 62.3 Å². The molecule has 0 aliphatic carbocycles. The molecule has 2 heterocycles. The summed E-state index contributed by atoms with van der Waals surface area (Å²) in [5.41, 5.74) is 2.56. The first kappa shape index (κ1) is 64.1. The molecule has 1 aromatic rings. The molecule has 2 bridgehead atoms. The van der Waals surface area contributed by atoms with Gasteiger partial charge >= 0.3 is 0 Å². The quantitative estimate of drug-likeness (QED) is 0.0219. The highest BCUT2D eigenvalue weighted by Crippen LogP contribution is 2.27. The molecule has 73 heavy (non-hydrogen) atoms. The predicted octanol–water partition coefficient (Wildman–Crippen LogP) is -1.000. The standard InChI is InChI=1S/C48H80N8O16S/c1-35(2)29-40-39(47(63)56-65)7-4-5-17-72-38-10-8-37(9-11-38)30-41(55-46(40)62)48(64)51-15-20-69-24-28-71-26-22-67-18-13-49-12-6-16-66-21-25-70-27-23-68-19-14-50-42(58)31-52-43(59)32-53-44(60)33-54-45(61)34-73-36(3)57/h8-11,35,39-41,49,65H,4-7,12-34H2,1-3H3,(H,50,58)(H,51,64)(H,52,59)(H,53,60)(H,54,61)(H,55,62)(H,56,63)/t39-,40+,41?/m0/s1. The Morgan fingerprint density at radius 2 is 1.18 bits per heavy atom. The Bertz CT molecular complexity index is 1770. The van der Waals surface area contributed by atoms with Gasteiger partial charge in [0.1, 0.15) is 11.8 Å². The van der Waals surface area contributed by atoms with Gasteiger partial charge in [0.2, 0.25) is 41.4 Å². The second-order valence-corrected chi connectivity index (χ2v) is 18.3. The Balaban J connectivity index is 1.41. The van der Waals surface area contributed by atoms with Gasteiger partial charge in [-0.3, -0.25) is 43.6 Å². The van der Waals surface area contributed by atoms with Crippen LogP contribution in [0, 0.1) is 17.8 Å². The summed E-state index contributed by atoms with van der Waals surface area (Å²) in [6, 6.07) is 6.48. The largest absolute Gasteiger partial charge is 0.494 e. The molecule has 1 unspecified atom stereocenters. The van der Waals surface area contributed by atoms with Gasteiger partial charge in [-0.1, -0.05) is 37.7 Å². The van der Waals surface area contributed by atoms with Crippen LogP contribution in [-0.4, -0.2) is 195 Å². The third-order valence-electron chi connectivity index (χ3n) is 10.6. The molecule has 414 valence electrons. The summed E-state index contributed by atoms with van der Waals surface area (Å²) in [4.78, 5) is 97.9. The zero-order valence-electron chi connectivity index (χ0n) is 42.7. The van der Waals surface area contributed by atoms with E-state index in [4.69, 9.17) is 33.2 Å². The summed E-state index contributed by atoms with van der Waals surface area (Å²) < 4.78 is 39.2. The van der Waals surface area contributed by atoms with Gasteiger partial charge in [-0.25, -0.2) is 5.48 Å². The number of fused-ring (bicyclic) bond motifs is 12. The van der Waals surface area contributed by atoms with Crippen molar-refractivity contribution in [3.8, 4) is 5.75 Å². The average Bonchev–Trinajstić information content (AvgIpc) is 3.37. The molecule has 7 amide bonds. The molecule has 25 heteroatoms. The van der Waals surface area contributed by atoms with Crippen LogP contribution >= 0.6 is 11.8 Å². The lowest BCUT2D eigenvalue weighted by atomic mass is 9.81. The van der Waals surface area contributed by atoms with Crippen molar-refractivity contribution in [2.45, 2.75) is 65.3 Å². The second-order valence-electron chi connectivity index (χ2n) is 17.1. The maximum atomic E-state index is 13.8. The summed E-state index contributed by atoms with van der Waals surface area (Å²) >= 11 is 0.818. The van der Waals surface area contributed by atoms with Crippen molar-refractivity contribution in [2.75, 3.05) is 137 Å². The van der Waals surface area contributed by atoms with E-state index in [1.807, 2.05) is 38.1 Å². The molecular formula is C48H80N8O16S. The maximum Gasteiger partial charge on any atom is 0.247 e. The van der Waals surface area contributed by atoms with E-state index in [9.17, 15) is 43.6 Å². The third kappa shape index (κ3) is 33.5. The van der Waals surface area contributed by atoms with Crippen LogP contribution in [0.5, 0.6) is 5.75 Å². The van der Waals surface area contributed by atoms with Crippen molar-refractivity contribution in [3.05, 3.63) is 29.8 Å². The minimum absolute atomic E-state index is 0.0845. The van der Waals surface area contributed by atoms with Crippen molar-refractivity contribution < 1.29 is 76.7 Å². The molecule has 1 aromatic carbocycles. The van der Waals surface area contributed by atoms with Crippen LogP contribution in [-0.2, 0) is 73.2 Å². The average molecular weight is 1060 g/mol. The first-order valence-corrected chi connectivity index (χ1v) is 25.9. The van der Waals surface area contributed by atoms with E-state index in [0.29, 0.717) is 111 Å². The predicted molar refractivity (Wildman–Crippen MR) is 268 cm³/mol. The fraction of sp³-hybridized carbons (Fsp3) is 0.708. The Kier molecular flexibility index (Phi) is 36.3. The molecule has 9 N–H and O–H groups in total. The molecule has 0 radical (unpaired) electrons. The van der Waals surface area contributed by atoms with Crippen LogP contribution in [0.2, 0.25) is 0 Å². The molecule has 0 aromatic heterocycles. The first-order valence-electron chi connectivity index (χ1n) is 24.9. The summed E-state index contributed by atoms with van der Waals surface area (Å²) in [7, 11) is 0. The highest BCUT2D eigenvalue weighted by molar-refractivity contribution is 8.14. The van der Waals surface area contributed by atoms with Crippen molar-refractivity contribution in [2.24, 2.45) is 17.8 Å². The molecule has 3 rings (SSSR count). The number of amides is 7. The zero-order chi connectivity index (χ0) is 53.3. The lowest BCUT2D eigenvalue weighted by Crippen LogP contribution is -2.52. The fourth-order valence-electron chi connectivity index (χ4n) is 6.89. The molecule has 0 spiro atoms. The van der Waals surface area contributed by atoms with Crippen molar-refractivity contribution in [3.63, 3.8) is 0 Å². The maximum absolute atomic E-state index is 13.8. The zero-order valence-corrected chi connectivity index (χ0v) is 43.5. The molecular weight excluding hydrogens is 977 g/mol. The van der Waals surface area contributed by atoms with E-state index in [-0.39, 0.29) is 75.1 Å². The summed E-state index contributed by atoms with van der Waals surface area (Å²) in [6.45, 7) is 11.2. The van der Waals surface area contributed by atoms with Gasteiger partial charge in [-0.15, -0.1) is 0 Å². The number of hydroxylamine groups is 1. The first-order chi connectivity index (χ1) is 35.3. The Morgan fingerprint density at radius 1 is 0.658 bits per heavy atom. The van der Waals surface area contributed by atoms with E-state index in [2.05, 4.69) is 37.2 Å². The van der Waals surface area contributed by atoms with Crippen molar-refractivity contribution in [1.29, 1.82) is 0 Å². The van der Waals surface area contributed by atoms with Crippen LogP contribution in [0.25, 0.3) is 0 Å². The van der Waals surface area contributed by atoms with Gasteiger partial charge in [-0.2, -0.15) is 0 Å². The van der Waals surface area contributed by atoms with E-state index in [0.717, 1.165) is 30.3 Å². The van der Waals surface area contributed by atoms with E-state index in [1.165, 1.54) is 6.92 Å². The number of hydrogen-bond acceptors (Lipinski definition) is 18. The number of hydrogen-bond donors (Lipinski definition) is 9. The highest BCUT2D eigenvalue weighted by Gasteiger charge is 2.36. The monoisotopic (exact) mass is 1060 g/mol. The topological polar surface area (TPSA) is 318 Å². The number of rotatable bonds is 37. The summed E-state index contributed by atoms with van der Waals surface area (Å²) in [5.74, 6) is -4.35. The summed E-state index contributed by atoms with van der Waals surface area (Å²) in [6.07, 6.45) is 3.10. The Hall–Kier alpha value is -4.99. The van der Waals surface area contributed by atoms with Crippen molar-refractivity contribution >= 4 is 58.2 Å². The van der Waals surface area contributed by atoms with Crippen LogP contribution in [0.4, 0.5) is 0 Å². The Labute approximate surface area is 432 Å². The highest BCUT2D eigenvalue weighted by atomic mass is 32.2. The van der Waals surface area contributed by atoms with Gasteiger partial charge in [0, 0.05) is 45.5 Å². The SMILES string of the molecule is CC(=O)SCC(=O)NCC(=O)NCC(=O)NCC(=O)NCCOCCOCCOCCCNCCOCCOCCOCCNC(=O)C1Cc2ccc(cc2)OCCCC[C@H](C(=O)NO)[C@@H](CC(C)C)C(=O)N1. The summed E-state index contributed by atoms with van der Waals surface area (Å²) in [5, 5.41) is 28.0. The number of carbonyl (C=O) groups is 8. The van der Waals surface area contributed by atoms with Crippen LogP contribution in [0.15, 0.2) is 24.3 Å². The number of ether oxygens (including phenoxy) is 7. The van der Waals surface area contributed by atoms with Crippen LogP contribution in [0.3, 0.4) is 0 Å². The third-order valence-corrected chi connectivity index (χ3v) is 11.4. The van der Waals surface area contributed by atoms with Gasteiger partial charge in [0.15, 0.2) is 5.12 Å². The number of carbonyl (C=O) groups excluding carboxylic acids is 8. The normalized spacial score (nSPS) is 16.0.